The number of carbonyl (C=O) groups is 1. The smallest absolute Gasteiger partial charge is 0.378 e. The molecule has 0 unspecified atom stereocenters. The van der Waals surface area contributed by atoms with Gasteiger partial charge in [0, 0.05) is 23.4 Å². The normalized spacial score (nSPS) is 11.6. The van der Waals surface area contributed by atoms with Gasteiger partial charge in [0.2, 0.25) is 0 Å². The van der Waals surface area contributed by atoms with Gasteiger partial charge >= 0.3 is 16.3 Å². The van der Waals surface area contributed by atoms with Crippen LogP contribution >= 0.6 is 0 Å². The van der Waals surface area contributed by atoms with Crippen LogP contribution in [0.3, 0.4) is 0 Å². The first-order valence-electron chi connectivity index (χ1n) is 11.0. The number of amides is 1. The predicted molar refractivity (Wildman–Crippen MR) is 132 cm³/mol. The number of hydrogen-bond acceptors (Lipinski definition) is 6. The van der Waals surface area contributed by atoms with Crippen LogP contribution in [-0.4, -0.2) is 19.2 Å². The number of halogens is 5. The van der Waals surface area contributed by atoms with Gasteiger partial charge in [0.15, 0.2) is 5.75 Å². The van der Waals surface area contributed by atoms with Gasteiger partial charge in [0.25, 0.3) is 11.6 Å². The Labute approximate surface area is 222 Å². The molecule has 1 N–H and O–H groups in total. The number of nitro benzene ring substituents is 1. The fraction of sp³-hybridized carbons (Fsp3) is 0.0385. The minimum absolute atomic E-state index is 0.0215. The van der Waals surface area contributed by atoms with E-state index < -0.39 is 67.0 Å². The lowest BCUT2D eigenvalue weighted by Crippen LogP contribution is -2.17. The molecule has 0 saturated carbocycles. The summed E-state index contributed by atoms with van der Waals surface area (Å²) in [5.74, 6) is -3.65. The number of nitro groups is 1. The zero-order valence-electron chi connectivity index (χ0n) is 19.8. The Morgan fingerprint density at radius 2 is 1.60 bits per heavy atom. The average molecular weight is 578 g/mol. The molecule has 1 amide bonds. The lowest BCUT2D eigenvalue weighted by atomic mass is 10.0. The van der Waals surface area contributed by atoms with Crippen molar-refractivity contribution in [2.75, 3.05) is 5.32 Å². The second-order valence-corrected chi connectivity index (χ2v) is 9.67. The zero-order valence-corrected chi connectivity index (χ0v) is 20.6. The summed E-state index contributed by atoms with van der Waals surface area (Å²) in [5, 5.41) is 13.1. The lowest BCUT2D eigenvalue weighted by Gasteiger charge is -2.15. The first kappa shape index (κ1) is 28.2. The van der Waals surface area contributed by atoms with E-state index in [4.69, 9.17) is 4.18 Å². The van der Waals surface area contributed by atoms with Crippen LogP contribution in [0.25, 0.3) is 11.1 Å². The summed E-state index contributed by atoms with van der Waals surface area (Å²) in [6.45, 7) is 0. The maximum Gasteiger partial charge on any atom is 0.423 e. The monoisotopic (exact) mass is 578 g/mol. The third-order valence-corrected chi connectivity index (χ3v) is 6.70. The summed E-state index contributed by atoms with van der Waals surface area (Å²) in [6, 6.07) is 14.3. The van der Waals surface area contributed by atoms with Gasteiger partial charge in [0.05, 0.1) is 10.5 Å². The van der Waals surface area contributed by atoms with E-state index in [1.54, 1.807) is 6.07 Å². The van der Waals surface area contributed by atoms with Crippen LogP contribution < -0.4 is 9.50 Å². The quantitative estimate of drug-likeness (QED) is 0.115. The second kappa shape index (κ2) is 10.7. The average Bonchev–Trinajstić information content (AvgIpc) is 2.89. The van der Waals surface area contributed by atoms with E-state index in [-0.39, 0.29) is 16.0 Å². The van der Waals surface area contributed by atoms with Gasteiger partial charge in [-0.05, 0) is 54.1 Å². The molecule has 0 aromatic heterocycles. The Bertz CT molecular complexity index is 1730. The number of rotatable bonds is 7. The van der Waals surface area contributed by atoms with Gasteiger partial charge in [-0.2, -0.15) is 21.6 Å². The van der Waals surface area contributed by atoms with Crippen molar-refractivity contribution in [1.82, 2.24) is 0 Å². The Balaban J connectivity index is 1.79. The summed E-state index contributed by atoms with van der Waals surface area (Å²) < 4.78 is 98.8. The van der Waals surface area contributed by atoms with Gasteiger partial charge in [-0.25, -0.2) is 8.78 Å². The van der Waals surface area contributed by atoms with E-state index in [1.165, 1.54) is 30.3 Å². The van der Waals surface area contributed by atoms with E-state index in [0.717, 1.165) is 30.3 Å². The van der Waals surface area contributed by atoms with E-state index in [0.29, 0.717) is 18.2 Å². The van der Waals surface area contributed by atoms with Gasteiger partial charge in [-0.15, -0.1) is 0 Å². The maximum absolute atomic E-state index is 14.4. The predicted octanol–water partition coefficient (Wildman–Crippen LogP) is 6.58. The summed E-state index contributed by atoms with van der Waals surface area (Å²) in [6.07, 6.45) is -5.14. The Morgan fingerprint density at radius 3 is 2.23 bits per heavy atom. The number of alkyl halides is 3. The van der Waals surface area contributed by atoms with Crippen LogP contribution in [0, 0.1) is 21.7 Å². The SMILES string of the molecule is O=C(Nc1ccc([N+](=O)[O-])c(C(F)(F)F)c1)c1cc(-c2ccc(F)cc2F)ccc1OS(=O)(=O)c1ccccc1. The molecule has 4 rings (SSSR count). The van der Waals surface area contributed by atoms with Crippen molar-refractivity contribution in [2.24, 2.45) is 0 Å². The standard InChI is InChI=1S/C26H15F5N2O6S/c27-16-7-9-19(22(28)13-16)15-6-11-24(39-40(37,38)18-4-2-1-3-5-18)20(12-15)25(34)32-17-8-10-23(33(35)36)21(14-17)26(29,30)31/h1-14H,(H,32,34). The third-order valence-electron chi connectivity index (χ3n) is 5.45. The molecular formula is C26H15F5N2O6S. The number of anilines is 1. The van der Waals surface area contributed by atoms with Crippen molar-refractivity contribution in [2.45, 2.75) is 11.1 Å². The molecule has 0 heterocycles. The molecule has 0 radical (unpaired) electrons. The van der Waals surface area contributed by atoms with Crippen LogP contribution in [0.15, 0.2) is 89.8 Å². The van der Waals surface area contributed by atoms with E-state index in [9.17, 15) is 45.3 Å². The number of carbonyl (C=O) groups excluding carboxylic acids is 1. The number of benzene rings is 4. The molecule has 4 aromatic rings. The summed E-state index contributed by atoms with van der Waals surface area (Å²) >= 11 is 0. The summed E-state index contributed by atoms with van der Waals surface area (Å²) in [4.78, 5) is 22.7. The molecule has 8 nitrogen and oxygen atoms in total. The van der Waals surface area contributed by atoms with Crippen molar-refractivity contribution in [3.8, 4) is 16.9 Å². The molecule has 0 atom stereocenters. The maximum atomic E-state index is 14.4. The molecule has 0 bridgehead atoms. The molecule has 0 aliphatic rings. The van der Waals surface area contributed by atoms with Crippen molar-refractivity contribution in [3.05, 3.63) is 118 Å². The van der Waals surface area contributed by atoms with Crippen molar-refractivity contribution in [3.63, 3.8) is 0 Å². The minimum atomic E-state index is -5.14. The molecular weight excluding hydrogens is 563 g/mol. The largest absolute Gasteiger partial charge is 0.423 e. The number of nitrogens with one attached hydrogen (secondary N) is 1. The zero-order chi connectivity index (χ0) is 29.2. The molecule has 4 aromatic carbocycles. The van der Waals surface area contributed by atoms with Crippen LogP contribution in [-0.2, 0) is 16.3 Å². The topological polar surface area (TPSA) is 116 Å². The van der Waals surface area contributed by atoms with E-state index in [2.05, 4.69) is 5.32 Å². The molecule has 0 aliphatic heterocycles. The lowest BCUT2D eigenvalue weighted by molar-refractivity contribution is -0.388. The fourth-order valence-corrected chi connectivity index (χ4v) is 4.59. The number of nitrogens with zero attached hydrogens (tertiary/aromatic N) is 1. The molecule has 0 aliphatic carbocycles. The highest BCUT2D eigenvalue weighted by Crippen LogP contribution is 2.38. The summed E-state index contributed by atoms with van der Waals surface area (Å²) in [7, 11) is -4.50. The molecule has 0 fully saturated rings. The van der Waals surface area contributed by atoms with Crippen LogP contribution in [0.4, 0.5) is 33.3 Å². The Kier molecular flexibility index (Phi) is 7.55. The van der Waals surface area contributed by atoms with Gasteiger partial charge in [-0.1, -0.05) is 24.3 Å². The second-order valence-electron chi connectivity index (χ2n) is 8.13. The third kappa shape index (κ3) is 6.07. The highest BCUT2D eigenvalue weighted by molar-refractivity contribution is 7.87. The molecule has 0 saturated heterocycles. The highest BCUT2D eigenvalue weighted by atomic mass is 32.2. The van der Waals surface area contributed by atoms with Crippen LogP contribution in [0.2, 0.25) is 0 Å². The first-order chi connectivity index (χ1) is 18.8. The Hall–Kier alpha value is -4.85. The molecule has 14 heteroatoms. The number of hydrogen-bond donors (Lipinski definition) is 1. The van der Waals surface area contributed by atoms with E-state index >= 15 is 0 Å². The minimum Gasteiger partial charge on any atom is -0.378 e. The molecule has 206 valence electrons. The molecule has 40 heavy (non-hydrogen) atoms. The molecule has 0 spiro atoms. The van der Waals surface area contributed by atoms with Gasteiger partial charge in [0.1, 0.15) is 22.1 Å². The first-order valence-corrected chi connectivity index (χ1v) is 12.4. The van der Waals surface area contributed by atoms with Crippen LogP contribution in [0.5, 0.6) is 5.75 Å². The van der Waals surface area contributed by atoms with Gasteiger partial charge in [-0.3, -0.25) is 14.9 Å². The summed E-state index contributed by atoms with van der Waals surface area (Å²) in [5.41, 5.74) is -4.15. The van der Waals surface area contributed by atoms with Crippen molar-refractivity contribution < 1.29 is 44.3 Å². The Morgan fingerprint density at radius 1 is 0.900 bits per heavy atom. The van der Waals surface area contributed by atoms with Crippen molar-refractivity contribution >= 4 is 27.4 Å². The van der Waals surface area contributed by atoms with Crippen molar-refractivity contribution in [1.29, 1.82) is 0 Å². The van der Waals surface area contributed by atoms with Gasteiger partial charge < -0.3 is 9.50 Å². The van der Waals surface area contributed by atoms with E-state index in [1.807, 2.05) is 0 Å². The highest BCUT2D eigenvalue weighted by Gasteiger charge is 2.38. The fourth-order valence-electron chi connectivity index (χ4n) is 3.62. The van der Waals surface area contributed by atoms with Crippen LogP contribution in [0.1, 0.15) is 15.9 Å².